The van der Waals surface area contributed by atoms with Crippen molar-refractivity contribution in [3.8, 4) is 11.3 Å². The van der Waals surface area contributed by atoms with Gasteiger partial charge in [0.25, 0.3) is 5.69 Å². The normalized spacial score (nSPS) is 11.0. The van der Waals surface area contributed by atoms with Crippen molar-refractivity contribution in [1.29, 1.82) is 0 Å². The molecule has 2 aromatic carbocycles. The van der Waals surface area contributed by atoms with E-state index >= 15 is 0 Å². The molecule has 118 valence electrons. The highest BCUT2D eigenvalue weighted by atomic mass is 16.6. The van der Waals surface area contributed by atoms with Gasteiger partial charge in [-0.15, -0.1) is 5.10 Å². The van der Waals surface area contributed by atoms with Crippen LogP contribution in [0.4, 0.5) is 5.69 Å². The molecule has 24 heavy (non-hydrogen) atoms. The molecule has 4 aromatic rings. The highest BCUT2D eigenvalue weighted by Gasteiger charge is 2.08. The maximum Gasteiger partial charge on any atom is 0.269 e. The number of benzene rings is 2. The van der Waals surface area contributed by atoms with E-state index in [1.807, 2.05) is 24.4 Å². The third kappa shape index (κ3) is 2.60. The zero-order chi connectivity index (χ0) is 16.5. The second kappa shape index (κ2) is 5.58. The van der Waals surface area contributed by atoms with Gasteiger partial charge in [0.15, 0.2) is 0 Å². The summed E-state index contributed by atoms with van der Waals surface area (Å²) in [6.07, 6.45) is 3.61. The lowest BCUT2D eigenvalue weighted by Crippen LogP contribution is -2.00. The fourth-order valence-electron chi connectivity index (χ4n) is 2.52. The van der Waals surface area contributed by atoms with Gasteiger partial charge in [0.2, 0.25) is 0 Å². The van der Waals surface area contributed by atoms with E-state index in [0.29, 0.717) is 6.54 Å². The standard InChI is InChI=1S/C16H12N6O2/c23-22(24)14-4-1-11(2-5-14)9-21-10-16(19-20-21)12-3-6-15-13(7-12)8-17-18-15/h1-8,10H,9H2,(H,17,18). The molecule has 2 heterocycles. The lowest BCUT2D eigenvalue weighted by atomic mass is 10.1. The van der Waals surface area contributed by atoms with Gasteiger partial charge in [0.05, 0.1) is 29.4 Å². The average Bonchev–Trinajstić information content (AvgIpc) is 3.23. The highest BCUT2D eigenvalue weighted by Crippen LogP contribution is 2.21. The molecule has 0 fully saturated rings. The number of nitrogens with one attached hydrogen (secondary N) is 1. The van der Waals surface area contributed by atoms with Crippen molar-refractivity contribution in [3.63, 3.8) is 0 Å². The summed E-state index contributed by atoms with van der Waals surface area (Å²) in [6, 6.07) is 12.3. The van der Waals surface area contributed by atoms with Gasteiger partial charge in [-0.05, 0) is 17.7 Å². The van der Waals surface area contributed by atoms with Crippen molar-refractivity contribution in [3.05, 3.63) is 70.5 Å². The molecule has 0 radical (unpaired) electrons. The summed E-state index contributed by atoms with van der Waals surface area (Å²) < 4.78 is 1.70. The van der Waals surface area contributed by atoms with Gasteiger partial charge in [0.1, 0.15) is 5.69 Å². The van der Waals surface area contributed by atoms with E-state index in [1.54, 1.807) is 23.0 Å². The van der Waals surface area contributed by atoms with E-state index in [-0.39, 0.29) is 5.69 Å². The van der Waals surface area contributed by atoms with Crippen LogP contribution < -0.4 is 0 Å². The van der Waals surface area contributed by atoms with Crippen LogP contribution in [-0.4, -0.2) is 30.1 Å². The van der Waals surface area contributed by atoms with E-state index in [2.05, 4.69) is 20.5 Å². The van der Waals surface area contributed by atoms with Gasteiger partial charge in [-0.3, -0.25) is 15.2 Å². The number of nitro benzene ring substituents is 1. The first kappa shape index (κ1) is 14.1. The van der Waals surface area contributed by atoms with Gasteiger partial charge in [-0.1, -0.05) is 23.4 Å². The number of hydrogen-bond acceptors (Lipinski definition) is 5. The van der Waals surface area contributed by atoms with Gasteiger partial charge in [-0.25, -0.2) is 4.68 Å². The number of hydrogen-bond donors (Lipinski definition) is 1. The van der Waals surface area contributed by atoms with E-state index in [9.17, 15) is 10.1 Å². The van der Waals surface area contributed by atoms with Crippen molar-refractivity contribution in [1.82, 2.24) is 25.2 Å². The molecular weight excluding hydrogens is 308 g/mol. The van der Waals surface area contributed by atoms with Crippen LogP contribution in [0.5, 0.6) is 0 Å². The monoisotopic (exact) mass is 320 g/mol. The summed E-state index contributed by atoms with van der Waals surface area (Å²) in [6.45, 7) is 0.499. The lowest BCUT2D eigenvalue weighted by molar-refractivity contribution is -0.384. The summed E-state index contributed by atoms with van der Waals surface area (Å²) in [5, 5.41) is 26.9. The smallest absolute Gasteiger partial charge is 0.269 e. The first-order valence-electron chi connectivity index (χ1n) is 7.26. The predicted molar refractivity (Wildman–Crippen MR) is 87.3 cm³/mol. The molecule has 8 heteroatoms. The fourth-order valence-corrected chi connectivity index (χ4v) is 2.52. The molecular formula is C16H12N6O2. The highest BCUT2D eigenvalue weighted by molar-refractivity contribution is 5.83. The zero-order valence-electron chi connectivity index (χ0n) is 12.5. The van der Waals surface area contributed by atoms with Crippen LogP contribution >= 0.6 is 0 Å². The first-order chi connectivity index (χ1) is 11.7. The maximum atomic E-state index is 10.7. The molecule has 1 N–H and O–H groups in total. The lowest BCUT2D eigenvalue weighted by Gasteiger charge is -2.00. The number of non-ortho nitro benzene ring substituents is 1. The zero-order valence-corrected chi connectivity index (χ0v) is 12.5. The van der Waals surface area contributed by atoms with Crippen molar-refractivity contribution in [2.24, 2.45) is 0 Å². The minimum Gasteiger partial charge on any atom is -0.278 e. The number of rotatable bonds is 4. The van der Waals surface area contributed by atoms with Gasteiger partial charge < -0.3 is 0 Å². The van der Waals surface area contributed by atoms with E-state index < -0.39 is 4.92 Å². The number of nitro groups is 1. The molecule has 0 aliphatic heterocycles. The largest absolute Gasteiger partial charge is 0.278 e. The average molecular weight is 320 g/mol. The molecule has 0 aliphatic carbocycles. The van der Waals surface area contributed by atoms with Crippen LogP contribution in [0, 0.1) is 10.1 Å². The van der Waals surface area contributed by atoms with Crippen molar-refractivity contribution in [2.75, 3.05) is 0 Å². The molecule has 0 unspecified atom stereocenters. The second-order valence-electron chi connectivity index (χ2n) is 5.40. The number of nitrogens with zero attached hydrogens (tertiary/aromatic N) is 5. The Bertz CT molecular complexity index is 1020. The molecule has 0 bridgehead atoms. The summed E-state index contributed by atoms with van der Waals surface area (Å²) in [5.41, 5.74) is 3.68. The van der Waals surface area contributed by atoms with Crippen LogP contribution in [0.1, 0.15) is 5.56 Å². The molecule has 2 aromatic heterocycles. The number of fused-ring (bicyclic) bond motifs is 1. The summed E-state index contributed by atoms with van der Waals surface area (Å²) in [7, 11) is 0. The van der Waals surface area contributed by atoms with Crippen LogP contribution in [0.3, 0.4) is 0 Å². The third-order valence-electron chi connectivity index (χ3n) is 3.77. The Kier molecular flexibility index (Phi) is 3.27. The summed E-state index contributed by atoms with van der Waals surface area (Å²) in [4.78, 5) is 10.3. The Morgan fingerprint density at radius 3 is 2.79 bits per heavy atom. The molecule has 0 spiro atoms. The van der Waals surface area contributed by atoms with Crippen molar-refractivity contribution < 1.29 is 4.92 Å². The second-order valence-corrected chi connectivity index (χ2v) is 5.40. The summed E-state index contributed by atoms with van der Waals surface area (Å²) >= 11 is 0. The maximum absolute atomic E-state index is 10.7. The number of aromatic nitrogens is 5. The van der Waals surface area contributed by atoms with Gasteiger partial charge in [0, 0.05) is 23.1 Å². The molecule has 0 saturated carbocycles. The van der Waals surface area contributed by atoms with E-state index in [4.69, 9.17) is 0 Å². The Balaban J connectivity index is 1.56. The number of aromatic amines is 1. The SMILES string of the molecule is O=[N+]([O-])c1ccc(Cn2cc(-c3ccc4[nH]ncc4c3)nn2)cc1. The third-order valence-corrected chi connectivity index (χ3v) is 3.77. The molecule has 0 saturated heterocycles. The first-order valence-corrected chi connectivity index (χ1v) is 7.26. The van der Waals surface area contributed by atoms with Crippen LogP contribution in [0.15, 0.2) is 54.9 Å². The Labute approximate surface area is 135 Å². The molecule has 8 nitrogen and oxygen atoms in total. The topological polar surface area (TPSA) is 103 Å². The van der Waals surface area contributed by atoms with Crippen LogP contribution in [-0.2, 0) is 6.54 Å². The van der Waals surface area contributed by atoms with Crippen molar-refractivity contribution >= 4 is 16.6 Å². The van der Waals surface area contributed by atoms with Crippen LogP contribution in [0.25, 0.3) is 22.2 Å². The van der Waals surface area contributed by atoms with E-state index in [0.717, 1.165) is 27.7 Å². The molecule has 0 atom stereocenters. The minimum absolute atomic E-state index is 0.0754. The predicted octanol–water partition coefficient (Wildman–Crippen LogP) is 2.78. The van der Waals surface area contributed by atoms with Crippen molar-refractivity contribution in [2.45, 2.75) is 6.54 Å². The molecule has 0 amide bonds. The Morgan fingerprint density at radius 1 is 1.17 bits per heavy atom. The fraction of sp³-hybridized carbons (Fsp3) is 0.0625. The summed E-state index contributed by atoms with van der Waals surface area (Å²) in [5.74, 6) is 0. The van der Waals surface area contributed by atoms with E-state index in [1.165, 1.54) is 12.1 Å². The van der Waals surface area contributed by atoms with Gasteiger partial charge in [-0.2, -0.15) is 5.10 Å². The molecule has 4 rings (SSSR count). The van der Waals surface area contributed by atoms with Gasteiger partial charge >= 0.3 is 0 Å². The quantitative estimate of drug-likeness (QED) is 0.460. The molecule has 0 aliphatic rings. The minimum atomic E-state index is -0.413. The Morgan fingerprint density at radius 2 is 2.00 bits per heavy atom. The Hall–Kier alpha value is -3.55. The van der Waals surface area contributed by atoms with Crippen LogP contribution in [0.2, 0.25) is 0 Å². The number of H-pyrrole nitrogens is 1.